The van der Waals surface area contributed by atoms with Gasteiger partial charge >= 0.3 is 0 Å². The molecule has 2 heterocycles. The number of hydrogen-bond acceptors (Lipinski definition) is 6. The van der Waals surface area contributed by atoms with Crippen molar-refractivity contribution in [3.8, 4) is 0 Å². The van der Waals surface area contributed by atoms with Gasteiger partial charge in [0.1, 0.15) is 5.52 Å². The summed E-state index contributed by atoms with van der Waals surface area (Å²) in [5.74, 6) is 0.405. The number of fused-ring (bicyclic) bond motifs is 1. The van der Waals surface area contributed by atoms with Crippen molar-refractivity contribution in [2.45, 2.75) is 58.7 Å². The lowest BCUT2D eigenvalue weighted by Gasteiger charge is -2.31. The number of pyridine rings is 1. The van der Waals surface area contributed by atoms with Crippen LogP contribution in [0.1, 0.15) is 41.0 Å². The van der Waals surface area contributed by atoms with Gasteiger partial charge in [-0.25, -0.2) is 9.97 Å². The van der Waals surface area contributed by atoms with Crippen molar-refractivity contribution in [1.29, 1.82) is 0 Å². The van der Waals surface area contributed by atoms with Crippen molar-refractivity contribution in [1.82, 2.24) is 19.4 Å². The van der Waals surface area contributed by atoms with Crippen LogP contribution in [0, 0.1) is 0 Å². The smallest absolute Gasteiger partial charge is 0.151 e. The summed E-state index contributed by atoms with van der Waals surface area (Å²) in [4.78, 5) is 10.9. The van der Waals surface area contributed by atoms with Crippen LogP contribution in [0.5, 0.6) is 0 Å². The van der Waals surface area contributed by atoms with E-state index in [1.165, 1.54) is 0 Å². The second kappa shape index (κ2) is 7.17. The van der Waals surface area contributed by atoms with Crippen LogP contribution >= 0.6 is 0 Å². The Morgan fingerprint density at radius 2 is 1.92 bits per heavy atom. The van der Waals surface area contributed by atoms with Crippen LogP contribution in [0.15, 0.2) is 12.5 Å². The van der Waals surface area contributed by atoms with Gasteiger partial charge in [-0.1, -0.05) is 0 Å². The third kappa shape index (κ3) is 5.06. The lowest BCUT2D eigenvalue weighted by Crippen LogP contribution is -2.39. The standard InChI is InChI=1S/C18H32N6O/c1-17(2,3)23(6)9-7-8-20-13-10-21-16(19)14-15(13)24(12-22-14)11-18(4,5)25/h10,12,20,25H,7-9,11H2,1-6H3,(H2,19,21). The molecule has 0 radical (unpaired) electrons. The summed E-state index contributed by atoms with van der Waals surface area (Å²) in [7, 11) is 2.14. The predicted octanol–water partition coefficient (Wildman–Crippen LogP) is 2.32. The van der Waals surface area contributed by atoms with Gasteiger partial charge in [-0.2, -0.15) is 0 Å². The van der Waals surface area contributed by atoms with Gasteiger partial charge < -0.3 is 25.6 Å². The number of nitrogens with two attached hydrogens (primary N) is 1. The molecule has 4 N–H and O–H groups in total. The molecule has 0 amide bonds. The van der Waals surface area contributed by atoms with Crippen molar-refractivity contribution in [2.24, 2.45) is 0 Å². The summed E-state index contributed by atoms with van der Waals surface area (Å²) < 4.78 is 1.93. The van der Waals surface area contributed by atoms with Crippen LogP contribution in [-0.2, 0) is 6.54 Å². The third-order valence-electron chi connectivity index (χ3n) is 4.36. The molecule has 2 rings (SSSR count). The van der Waals surface area contributed by atoms with Crippen molar-refractivity contribution >= 4 is 22.5 Å². The number of anilines is 2. The normalized spacial score (nSPS) is 13.0. The second-order valence-electron chi connectivity index (χ2n) is 8.31. The molecule has 7 nitrogen and oxygen atoms in total. The highest BCUT2D eigenvalue weighted by Crippen LogP contribution is 2.26. The molecule has 0 aliphatic rings. The van der Waals surface area contributed by atoms with Crippen LogP contribution < -0.4 is 11.1 Å². The molecule has 25 heavy (non-hydrogen) atoms. The highest BCUT2D eigenvalue weighted by molar-refractivity contribution is 5.94. The van der Waals surface area contributed by atoms with Crippen molar-refractivity contribution in [2.75, 3.05) is 31.2 Å². The van der Waals surface area contributed by atoms with E-state index >= 15 is 0 Å². The maximum atomic E-state index is 10.1. The topological polar surface area (TPSA) is 92.2 Å². The van der Waals surface area contributed by atoms with Crippen LogP contribution in [-0.4, -0.2) is 55.8 Å². The molecule has 0 aliphatic carbocycles. The van der Waals surface area contributed by atoms with Gasteiger partial charge in [0.2, 0.25) is 0 Å². The molecule has 0 atom stereocenters. The average molecular weight is 348 g/mol. The molecular formula is C18H32N6O. The van der Waals surface area contributed by atoms with Gasteiger partial charge in [-0.3, -0.25) is 0 Å². The molecule has 2 aromatic heterocycles. The first-order valence-corrected chi connectivity index (χ1v) is 8.76. The predicted molar refractivity (Wildman–Crippen MR) is 104 cm³/mol. The number of imidazole rings is 1. The molecule has 7 heteroatoms. The zero-order valence-corrected chi connectivity index (χ0v) is 16.3. The van der Waals surface area contributed by atoms with E-state index in [0.29, 0.717) is 17.9 Å². The summed E-state index contributed by atoms with van der Waals surface area (Å²) in [6.45, 7) is 12.5. The fourth-order valence-corrected chi connectivity index (χ4v) is 2.65. The maximum Gasteiger partial charge on any atom is 0.151 e. The van der Waals surface area contributed by atoms with E-state index in [1.54, 1.807) is 26.4 Å². The molecule has 0 spiro atoms. The van der Waals surface area contributed by atoms with E-state index in [1.807, 2.05) is 4.57 Å². The highest BCUT2D eigenvalue weighted by Gasteiger charge is 2.19. The first kappa shape index (κ1) is 19.5. The fourth-order valence-electron chi connectivity index (χ4n) is 2.65. The second-order valence-corrected chi connectivity index (χ2v) is 8.31. The van der Waals surface area contributed by atoms with Gasteiger partial charge in [0.05, 0.1) is 35.9 Å². The van der Waals surface area contributed by atoms with E-state index in [0.717, 1.165) is 30.7 Å². The van der Waals surface area contributed by atoms with E-state index in [4.69, 9.17) is 5.73 Å². The third-order valence-corrected chi connectivity index (χ3v) is 4.36. The Morgan fingerprint density at radius 1 is 1.24 bits per heavy atom. The maximum absolute atomic E-state index is 10.1. The van der Waals surface area contributed by atoms with Crippen LogP contribution in [0.25, 0.3) is 11.0 Å². The number of nitrogens with zero attached hydrogens (tertiary/aromatic N) is 4. The molecule has 0 aromatic carbocycles. The fraction of sp³-hybridized carbons (Fsp3) is 0.667. The van der Waals surface area contributed by atoms with Crippen LogP contribution in [0.2, 0.25) is 0 Å². The van der Waals surface area contributed by atoms with E-state index in [9.17, 15) is 5.11 Å². The van der Waals surface area contributed by atoms with Crippen LogP contribution in [0.4, 0.5) is 11.5 Å². The molecule has 0 bridgehead atoms. The Bertz CT molecular complexity index is 711. The van der Waals surface area contributed by atoms with Gasteiger partial charge in [0, 0.05) is 18.6 Å². The number of hydrogen-bond donors (Lipinski definition) is 3. The molecule has 0 saturated carbocycles. The summed E-state index contributed by atoms with van der Waals surface area (Å²) in [6, 6.07) is 0. The summed E-state index contributed by atoms with van der Waals surface area (Å²) in [6.07, 6.45) is 4.46. The minimum Gasteiger partial charge on any atom is -0.389 e. The van der Waals surface area contributed by atoms with Crippen molar-refractivity contribution < 1.29 is 5.11 Å². The van der Waals surface area contributed by atoms with E-state index < -0.39 is 5.60 Å². The molecule has 0 saturated heterocycles. The van der Waals surface area contributed by atoms with Crippen molar-refractivity contribution in [3.63, 3.8) is 0 Å². The summed E-state index contributed by atoms with van der Waals surface area (Å²) in [5, 5.41) is 13.6. The zero-order chi connectivity index (χ0) is 18.8. The van der Waals surface area contributed by atoms with Gasteiger partial charge in [0.15, 0.2) is 5.82 Å². The Balaban J connectivity index is 2.13. The highest BCUT2D eigenvalue weighted by atomic mass is 16.3. The van der Waals surface area contributed by atoms with Crippen molar-refractivity contribution in [3.05, 3.63) is 12.5 Å². The quantitative estimate of drug-likeness (QED) is 0.665. The summed E-state index contributed by atoms with van der Waals surface area (Å²) in [5.41, 5.74) is 7.74. The molecule has 140 valence electrons. The molecular weight excluding hydrogens is 316 g/mol. The number of nitrogen functional groups attached to an aromatic ring is 1. The number of nitrogens with one attached hydrogen (secondary N) is 1. The largest absolute Gasteiger partial charge is 0.389 e. The monoisotopic (exact) mass is 348 g/mol. The first-order chi connectivity index (χ1) is 11.5. The number of aliphatic hydroxyl groups is 1. The molecule has 0 aliphatic heterocycles. The Kier molecular flexibility index (Phi) is 5.58. The Morgan fingerprint density at radius 3 is 2.52 bits per heavy atom. The van der Waals surface area contributed by atoms with Gasteiger partial charge in [0.25, 0.3) is 0 Å². The Hall–Kier alpha value is -1.86. The lowest BCUT2D eigenvalue weighted by atomic mass is 10.1. The number of rotatable bonds is 7. The SMILES string of the molecule is CN(CCCNc1cnc(N)c2ncn(CC(C)(C)O)c12)C(C)(C)C. The van der Waals surface area contributed by atoms with Crippen LogP contribution in [0.3, 0.4) is 0 Å². The van der Waals surface area contributed by atoms with Gasteiger partial charge in [-0.05, 0) is 48.1 Å². The number of aromatic nitrogens is 3. The Labute approximate surface area is 150 Å². The molecule has 0 unspecified atom stereocenters. The molecule has 0 fully saturated rings. The average Bonchev–Trinajstić information content (AvgIpc) is 2.87. The van der Waals surface area contributed by atoms with E-state index in [2.05, 4.69) is 48.0 Å². The molecule has 2 aromatic rings. The summed E-state index contributed by atoms with van der Waals surface area (Å²) >= 11 is 0. The van der Waals surface area contributed by atoms with E-state index in [-0.39, 0.29) is 5.54 Å². The zero-order valence-electron chi connectivity index (χ0n) is 16.3. The first-order valence-electron chi connectivity index (χ1n) is 8.76. The lowest BCUT2D eigenvalue weighted by molar-refractivity contribution is 0.0627. The minimum absolute atomic E-state index is 0.168. The van der Waals surface area contributed by atoms with Gasteiger partial charge in [-0.15, -0.1) is 0 Å². The minimum atomic E-state index is -0.835.